The molecule has 1 aromatic carbocycles. The molecule has 0 amide bonds. The maximum atomic E-state index is 12.6. The van der Waals surface area contributed by atoms with E-state index in [0.717, 1.165) is 6.07 Å². The van der Waals surface area contributed by atoms with E-state index in [1.165, 1.54) is 12.1 Å². The molecule has 1 unspecified atom stereocenters. The Bertz CT molecular complexity index is 373. The molecule has 1 aliphatic rings. The summed E-state index contributed by atoms with van der Waals surface area (Å²) in [5.41, 5.74) is -0.362. The molecule has 15 heavy (non-hydrogen) atoms. The number of aliphatic hydroxyl groups is 1. The van der Waals surface area contributed by atoms with Crippen molar-refractivity contribution in [3.05, 3.63) is 34.9 Å². The van der Waals surface area contributed by atoms with Crippen molar-refractivity contribution in [1.82, 2.24) is 0 Å². The van der Waals surface area contributed by atoms with E-state index in [1.54, 1.807) is 0 Å². The topological polar surface area (TPSA) is 29.5 Å². The van der Waals surface area contributed by atoms with Crippen LogP contribution in [0.15, 0.2) is 18.2 Å². The lowest BCUT2D eigenvalue weighted by Gasteiger charge is -2.24. The molecule has 82 valence electrons. The Balaban J connectivity index is 2.54. The first-order valence-corrected chi connectivity index (χ1v) is 4.45. The number of hydrogen-bond acceptors (Lipinski definition) is 2. The van der Waals surface area contributed by atoms with Gasteiger partial charge in [-0.15, -0.1) is 0 Å². The summed E-state index contributed by atoms with van der Waals surface area (Å²) in [7, 11) is 0. The molecule has 0 saturated carbocycles. The number of aliphatic hydroxyl groups excluding tert-OH is 1. The van der Waals surface area contributed by atoms with Crippen LogP contribution in [0.5, 0.6) is 0 Å². The quantitative estimate of drug-likeness (QED) is 0.723. The third-order valence-corrected chi connectivity index (χ3v) is 2.40. The number of ether oxygens (including phenoxy) is 1. The van der Waals surface area contributed by atoms with Gasteiger partial charge in [-0.2, -0.15) is 13.2 Å². The molecule has 0 bridgehead atoms. The predicted molar refractivity (Wildman–Crippen MR) is 46.1 cm³/mol. The van der Waals surface area contributed by atoms with Crippen LogP contribution in [0.4, 0.5) is 13.2 Å². The van der Waals surface area contributed by atoms with Crippen molar-refractivity contribution in [3.63, 3.8) is 0 Å². The van der Waals surface area contributed by atoms with Gasteiger partial charge in [0.2, 0.25) is 0 Å². The van der Waals surface area contributed by atoms with E-state index in [9.17, 15) is 18.3 Å². The second kappa shape index (κ2) is 3.50. The van der Waals surface area contributed by atoms with Crippen molar-refractivity contribution in [2.24, 2.45) is 0 Å². The average Bonchev–Trinajstić information content (AvgIpc) is 2.16. The molecule has 5 heteroatoms. The van der Waals surface area contributed by atoms with Crippen molar-refractivity contribution in [2.75, 3.05) is 6.61 Å². The molecule has 0 saturated heterocycles. The van der Waals surface area contributed by atoms with Crippen LogP contribution in [0.25, 0.3) is 0 Å². The van der Waals surface area contributed by atoms with E-state index in [4.69, 9.17) is 4.74 Å². The minimum atomic E-state index is -4.40. The number of alkyl halides is 3. The van der Waals surface area contributed by atoms with Crippen LogP contribution in [-0.2, 0) is 17.5 Å². The third-order valence-electron chi connectivity index (χ3n) is 2.40. The van der Waals surface area contributed by atoms with Crippen molar-refractivity contribution in [3.8, 4) is 0 Å². The van der Waals surface area contributed by atoms with Crippen LogP contribution < -0.4 is 0 Å². The van der Waals surface area contributed by atoms with Gasteiger partial charge < -0.3 is 9.84 Å². The molecule has 1 atom stereocenters. The van der Waals surface area contributed by atoms with Crippen LogP contribution in [0, 0.1) is 0 Å². The molecular weight excluding hydrogens is 209 g/mol. The molecule has 1 N–H and O–H groups in total. The highest BCUT2D eigenvalue weighted by Crippen LogP contribution is 2.37. The smallest absolute Gasteiger partial charge is 0.386 e. The second-order valence-electron chi connectivity index (χ2n) is 3.40. The maximum absolute atomic E-state index is 12.6. The number of halogens is 3. The zero-order valence-corrected chi connectivity index (χ0v) is 7.71. The largest absolute Gasteiger partial charge is 0.416 e. The Labute approximate surface area is 84.3 Å². The number of benzene rings is 1. The molecular formula is C10H9F3O2. The first-order chi connectivity index (χ1) is 7.00. The van der Waals surface area contributed by atoms with Gasteiger partial charge in [-0.05, 0) is 17.2 Å². The van der Waals surface area contributed by atoms with Gasteiger partial charge in [0.1, 0.15) is 6.10 Å². The van der Waals surface area contributed by atoms with E-state index in [2.05, 4.69) is 0 Å². The maximum Gasteiger partial charge on any atom is 0.416 e. The minimum absolute atomic E-state index is 0.0451. The predicted octanol–water partition coefficient (Wildman–Crippen LogP) is 2.27. The number of rotatable bonds is 0. The van der Waals surface area contributed by atoms with Gasteiger partial charge in [0, 0.05) is 0 Å². The van der Waals surface area contributed by atoms with Crippen LogP contribution in [0.2, 0.25) is 0 Å². The Hall–Kier alpha value is -1.07. The molecule has 1 heterocycles. The summed E-state index contributed by atoms with van der Waals surface area (Å²) in [6.07, 6.45) is -5.36. The van der Waals surface area contributed by atoms with Crippen molar-refractivity contribution in [2.45, 2.75) is 18.9 Å². The van der Waals surface area contributed by atoms with Gasteiger partial charge in [-0.25, -0.2) is 0 Å². The summed E-state index contributed by atoms with van der Waals surface area (Å²) in [4.78, 5) is 0. The van der Waals surface area contributed by atoms with Crippen LogP contribution >= 0.6 is 0 Å². The summed E-state index contributed by atoms with van der Waals surface area (Å²) in [6, 6.07) is 3.80. The summed E-state index contributed by atoms with van der Waals surface area (Å²) < 4.78 is 42.6. The normalized spacial score (nSPS) is 21.2. The number of fused-ring (bicyclic) bond motifs is 1. The zero-order chi connectivity index (χ0) is 11.1. The van der Waals surface area contributed by atoms with Gasteiger partial charge in [-0.1, -0.05) is 12.1 Å². The molecule has 1 aromatic rings. The van der Waals surface area contributed by atoms with E-state index in [0.29, 0.717) is 5.56 Å². The lowest BCUT2D eigenvalue weighted by atomic mass is 9.96. The van der Waals surface area contributed by atoms with Crippen molar-refractivity contribution >= 4 is 0 Å². The SMILES string of the molecule is OC1COCc2c1cccc2C(F)(F)F. The van der Waals surface area contributed by atoms with Crippen molar-refractivity contribution < 1.29 is 23.0 Å². The Morgan fingerprint density at radius 1 is 1.33 bits per heavy atom. The highest BCUT2D eigenvalue weighted by Gasteiger charge is 2.36. The Kier molecular flexibility index (Phi) is 2.44. The van der Waals surface area contributed by atoms with E-state index in [1.807, 2.05) is 0 Å². The van der Waals surface area contributed by atoms with Crippen LogP contribution in [0.3, 0.4) is 0 Å². The standard InChI is InChI=1S/C10H9F3O2/c11-10(12,13)8-3-1-2-6-7(8)4-15-5-9(6)14/h1-3,9,14H,4-5H2. The first kappa shape index (κ1) is 10.4. The van der Waals surface area contributed by atoms with Gasteiger partial charge in [0.05, 0.1) is 18.8 Å². The highest BCUT2D eigenvalue weighted by molar-refractivity contribution is 5.39. The molecule has 2 rings (SSSR count). The van der Waals surface area contributed by atoms with Gasteiger partial charge in [0.25, 0.3) is 0 Å². The molecule has 0 aromatic heterocycles. The fourth-order valence-electron chi connectivity index (χ4n) is 1.71. The molecule has 2 nitrogen and oxygen atoms in total. The lowest BCUT2D eigenvalue weighted by molar-refractivity contribution is -0.139. The summed E-state index contributed by atoms with van der Waals surface area (Å²) in [6.45, 7) is -0.0453. The lowest BCUT2D eigenvalue weighted by Crippen LogP contribution is -2.20. The first-order valence-electron chi connectivity index (χ1n) is 4.45. The monoisotopic (exact) mass is 218 g/mol. The van der Waals surface area contributed by atoms with E-state index >= 15 is 0 Å². The van der Waals surface area contributed by atoms with Crippen LogP contribution in [0.1, 0.15) is 22.8 Å². The molecule has 0 aliphatic carbocycles. The summed E-state index contributed by atoms with van der Waals surface area (Å²) >= 11 is 0. The third kappa shape index (κ3) is 1.85. The van der Waals surface area contributed by atoms with Gasteiger partial charge in [-0.3, -0.25) is 0 Å². The fraction of sp³-hybridized carbons (Fsp3) is 0.400. The Morgan fingerprint density at radius 3 is 2.73 bits per heavy atom. The summed E-state index contributed by atoms with van der Waals surface area (Å²) in [5.74, 6) is 0. The average molecular weight is 218 g/mol. The molecule has 0 fully saturated rings. The van der Waals surface area contributed by atoms with Crippen LogP contribution in [-0.4, -0.2) is 11.7 Å². The summed E-state index contributed by atoms with van der Waals surface area (Å²) in [5, 5.41) is 9.46. The fourth-order valence-corrected chi connectivity index (χ4v) is 1.71. The van der Waals surface area contributed by atoms with Gasteiger partial charge >= 0.3 is 6.18 Å². The molecule has 1 aliphatic heterocycles. The molecule has 0 radical (unpaired) electrons. The van der Waals surface area contributed by atoms with E-state index < -0.39 is 17.8 Å². The van der Waals surface area contributed by atoms with Gasteiger partial charge in [0.15, 0.2) is 0 Å². The minimum Gasteiger partial charge on any atom is -0.386 e. The second-order valence-corrected chi connectivity index (χ2v) is 3.40. The van der Waals surface area contributed by atoms with E-state index in [-0.39, 0.29) is 18.8 Å². The highest BCUT2D eigenvalue weighted by atomic mass is 19.4. The molecule has 0 spiro atoms. The number of hydrogen-bond donors (Lipinski definition) is 1. The Morgan fingerprint density at radius 2 is 2.07 bits per heavy atom. The van der Waals surface area contributed by atoms with Crippen molar-refractivity contribution in [1.29, 1.82) is 0 Å². The zero-order valence-electron chi connectivity index (χ0n) is 7.71.